The number of methoxy groups -OCH3 is 1. The highest BCUT2D eigenvalue weighted by molar-refractivity contribution is 7.09. The Morgan fingerprint density at radius 2 is 2.17 bits per heavy atom. The lowest BCUT2D eigenvalue weighted by atomic mass is 9.87. The van der Waals surface area contributed by atoms with Crippen LogP contribution in [-0.2, 0) is 20.9 Å². The lowest BCUT2D eigenvalue weighted by molar-refractivity contribution is -0.147. The number of carbonyl (C=O) groups is 1. The van der Waals surface area contributed by atoms with Crippen molar-refractivity contribution in [1.82, 2.24) is 4.98 Å². The van der Waals surface area contributed by atoms with E-state index in [0.29, 0.717) is 6.61 Å². The fourth-order valence-corrected chi connectivity index (χ4v) is 2.98. The molecule has 1 aromatic rings. The average molecular weight is 269 g/mol. The van der Waals surface area contributed by atoms with Crippen LogP contribution >= 0.6 is 11.3 Å². The van der Waals surface area contributed by atoms with Gasteiger partial charge in [-0.25, -0.2) is 4.98 Å². The number of esters is 1. The summed E-state index contributed by atoms with van der Waals surface area (Å²) in [4.78, 5) is 15.8. The molecule has 100 valence electrons. The van der Waals surface area contributed by atoms with Crippen molar-refractivity contribution < 1.29 is 14.3 Å². The summed E-state index contributed by atoms with van der Waals surface area (Å²) in [6.45, 7) is 2.58. The van der Waals surface area contributed by atoms with Crippen molar-refractivity contribution in [3.05, 3.63) is 16.1 Å². The number of rotatable bonds is 4. The van der Waals surface area contributed by atoms with Crippen molar-refractivity contribution >= 4 is 17.3 Å². The first-order chi connectivity index (χ1) is 8.69. The second-order valence-electron chi connectivity index (χ2n) is 4.69. The quantitative estimate of drug-likeness (QED) is 0.789. The van der Waals surface area contributed by atoms with Gasteiger partial charge in [-0.2, -0.15) is 0 Å². The molecular weight excluding hydrogens is 250 g/mol. The van der Waals surface area contributed by atoms with E-state index in [0.717, 1.165) is 36.4 Å². The zero-order valence-corrected chi connectivity index (χ0v) is 11.7. The molecule has 0 radical (unpaired) electrons. The van der Waals surface area contributed by atoms with Gasteiger partial charge in [0.25, 0.3) is 0 Å². The number of ether oxygens (including phenoxy) is 2. The van der Waals surface area contributed by atoms with Crippen molar-refractivity contribution in [2.24, 2.45) is 5.92 Å². The Labute approximate surface area is 111 Å². The van der Waals surface area contributed by atoms with E-state index in [-0.39, 0.29) is 18.0 Å². The smallest absolute Gasteiger partial charge is 0.308 e. The lowest BCUT2D eigenvalue weighted by Crippen LogP contribution is -2.26. The molecule has 0 N–H and O–H groups in total. The molecular formula is C13H19NO3S. The third kappa shape index (κ3) is 3.53. The number of thiazole rings is 1. The predicted molar refractivity (Wildman–Crippen MR) is 69.4 cm³/mol. The maximum Gasteiger partial charge on any atom is 0.308 e. The fourth-order valence-electron chi connectivity index (χ4n) is 2.29. The first kappa shape index (κ1) is 13.5. The monoisotopic (exact) mass is 269 g/mol. The fraction of sp³-hybridized carbons (Fsp3) is 0.692. The SMILES string of the molecule is COC(=O)C1CCC(OCc2nc(C)cs2)CC1. The van der Waals surface area contributed by atoms with Crippen LogP contribution in [0.5, 0.6) is 0 Å². The Balaban J connectivity index is 1.72. The molecule has 2 rings (SSSR count). The third-order valence-electron chi connectivity index (χ3n) is 3.32. The molecule has 1 aromatic heterocycles. The highest BCUT2D eigenvalue weighted by Gasteiger charge is 2.27. The summed E-state index contributed by atoms with van der Waals surface area (Å²) >= 11 is 1.64. The van der Waals surface area contributed by atoms with Crippen LogP contribution in [0.15, 0.2) is 5.38 Å². The molecule has 1 aliphatic carbocycles. The van der Waals surface area contributed by atoms with E-state index < -0.39 is 0 Å². The van der Waals surface area contributed by atoms with E-state index in [9.17, 15) is 4.79 Å². The molecule has 0 unspecified atom stereocenters. The van der Waals surface area contributed by atoms with E-state index >= 15 is 0 Å². The van der Waals surface area contributed by atoms with E-state index in [4.69, 9.17) is 9.47 Å². The van der Waals surface area contributed by atoms with Gasteiger partial charge < -0.3 is 9.47 Å². The van der Waals surface area contributed by atoms with Crippen molar-refractivity contribution in [1.29, 1.82) is 0 Å². The average Bonchev–Trinajstić information content (AvgIpc) is 2.82. The normalized spacial score (nSPS) is 23.9. The summed E-state index contributed by atoms with van der Waals surface area (Å²) in [7, 11) is 1.45. The third-order valence-corrected chi connectivity index (χ3v) is 4.26. The Kier molecular flexibility index (Phi) is 4.72. The van der Waals surface area contributed by atoms with Gasteiger partial charge in [-0.3, -0.25) is 4.79 Å². The van der Waals surface area contributed by atoms with Crippen molar-refractivity contribution in [3.63, 3.8) is 0 Å². The standard InChI is InChI=1S/C13H19NO3S/c1-9-8-18-12(14-9)7-17-11-5-3-10(4-6-11)13(15)16-2/h8,10-11H,3-7H2,1-2H3. The zero-order chi connectivity index (χ0) is 13.0. The van der Waals surface area contributed by atoms with Crippen molar-refractivity contribution in [3.8, 4) is 0 Å². The van der Waals surface area contributed by atoms with Gasteiger partial charge in [0, 0.05) is 11.1 Å². The molecule has 0 aliphatic heterocycles. The summed E-state index contributed by atoms with van der Waals surface area (Å²) in [6, 6.07) is 0. The lowest BCUT2D eigenvalue weighted by Gasteiger charge is -2.26. The van der Waals surface area contributed by atoms with Gasteiger partial charge in [0.05, 0.1) is 25.7 Å². The Morgan fingerprint density at radius 3 is 2.72 bits per heavy atom. The Morgan fingerprint density at radius 1 is 1.44 bits per heavy atom. The first-order valence-electron chi connectivity index (χ1n) is 6.29. The van der Waals surface area contributed by atoms with E-state index in [2.05, 4.69) is 4.98 Å². The van der Waals surface area contributed by atoms with Crippen molar-refractivity contribution in [2.75, 3.05) is 7.11 Å². The molecule has 1 heterocycles. The number of nitrogens with zero attached hydrogens (tertiary/aromatic N) is 1. The minimum absolute atomic E-state index is 0.0666. The number of carbonyl (C=O) groups excluding carboxylic acids is 1. The molecule has 0 bridgehead atoms. The van der Waals surface area contributed by atoms with Crippen LogP contribution in [0.3, 0.4) is 0 Å². The summed E-state index contributed by atoms with van der Waals surface area (Å²) in [6.07, 6.45) is 3.87. The van der Waals surface area contributed by atoms with Crippen LogP contribution in [0.25, 0.3) is 0 Å². The summed E-state index contributed by atoms with van der Waals surface area (Å²) in [5, 5.41) is 3.06. The van der Waals surface area contributed by atoms with Gasteiger partial charge in [0.2, 0.25) is 0 Å². The van der Waals surface area contributed by atoms with Crippen LogP contribution in [0.2, 0.25) is 0 Å². The van der Waals surface area contributed by atoms with Crippen LogP contribution in [0.4, 0.5) is 0 Å². The van der Waals surface area contributed by atoms with Gasteiger partial charge in [-0.15, -0.1) is 11.3 Å². The molecule has 0 aromatic carbocycles. The van der Waals surface area contributed by atoms with Crippen LogP contribution in [0, 0.1) is 12.8 Å². The maximum atomic E-state index is 11.4. The largest absolute Gasteiger partial charge is 0.469 e. The molecule has 0 spiro atoms. The Hall–Kier alpha value is -0.940. The van der Waals surface area contributed by atoms with Crippen LogP contribution in [0.1, 0.15) is 36.4 Å². The molecule has 4 nitrogen and oxygen atoms in total. The van der Waals surface area contributed by atoms with E-state index in [1.54, 1.807) is 11.3 Å². The summed E-state index contributed by atoms with van der Waals surface area (Å²) < 4.78 is 10.6. The number of aromatic nitrogens is 1. The first-order valence-corrected chi connectivity index (χ1v) is 7.17. The molecule has 0 amide bonds. The number of aryl methyl sites for hydroxylation is 1. The molecule has 5 heteroatoms. The molecule has 0 saturated heterocycles. The van der Waals surface area contributed by atoms with E-state index in [1.807, 2.05) is 12.3 Å². The van der Waals surface area contributed by atoms with E-state index in [1.165, 1.54) is 7.11 Å². The molecule has 1 saturated carbocycles. The van der Waals surface area contributed by atoms with Gasteiger partial charge in [0.15, 0.2) is 0 Å². The molecule has 0 atom stereocenters. The number of hydrogen-bond acceptors (Lipinski definition) is 5. The van der Waals surface area contributed by atoms with Gasteiger partial charge >= 0.3 is 5.97 Å². The molecule has 18 heavy (non-hydrogen) atoms. The molecule has 1 aliphatic rings. The van der Waals surface area contributed by atoms with Crippen LogP contribution in [-0.4, -0.2) is 24.2 Å². The minimum atomic E-state index is -0.0796. The molecule has 1 fully saturated rings. The highest BCUT2D eigenvalue weighted by atomic mass is 32.1. The van der Waals surface area contributed by atoms with Gasteiger partial charge in [0.1, 0.15) is 5.01 Å². The maximum absolute atomic E-state index is 11.4. The van der Waals surface area contributed by atoms with Crippen molar-refractivity contribution in [2.45, 2.75) is 45.3 Å². The second kappa shape index (κ2) is 6.29. The van der Waals surface area contributed by atoms with Gasteiger partial charge in [-0.1, -0.05) is 0 Å². The topological polar surface area (TPSA) is 48.4 Å². The van der Waals surface area contributed by atoms with Gasteiger partial charge in [-0.05, 0) is 32.6 Å². The second-order valence-corrected chi connectivity index (χ2v) is 5.63. The van der Waals surface area contributed by atoms with Crippen LogP contribution < -0.4 is 0 Å². The zero-order valence-electron chi connectivity index (χ0n) is 10.8. The highest BCUT2D eigenvalue weighted by Crippen LogP contribution is 2.27. The number of hydrogen-bond donors (Lipinski definition) is 0. The minimum Gasteiger partial charge on any atom is -0.469 e. The summed E-state index contributed by atoms with van der Waals surface area (Å²) in [5.41, 5.74) is 1.05. The summed E-state index contributed by atoms with van der Waals surface area (Å²) in [5.74, 6) is -0.0130. The predicted octanol–water partition coefficient (Wildman–Crippen LogP) is 2.70. The Bertz CT molecular complexity index is 397.